The lowest BCUT2D eigenvalue weighted by Crippen LogP contribution is -2.56. The molecule has 2 aromatic heterocycles. The lowest BCUT2D eigenvalue weighted by molar-refractivity contribution is -0.291. The molecule has 11 heteroatoms. The Morgan fingerprint density at radius 3 is 2.47 bits per heavy atom. The third kappa shape index (κ3) is 5.13. The van der Waals surface area contributed by atoms with Crippen LogP contribution in [0.1, 0.15) is 71.9 Å². The molecule has 0 bridgehead atoms. The quantitative estimate of drug-likeness (QED) is 0.344. The molecule has 4 atom stereocenters. The van der Waals surface area contributed by atoms with E-state index in [4.69, 9.17) is 30.4 Å². The molecular formula is C23H40N6O5. The molecule has 0 spiro atoms. The van der Waals surface area contributed by atoms with Gasteiger partial charge in [0.25, 0.3) is 0 Å². The predicted molar refractivity (Wildman–Crippen MR) is 128 cm³/mol. The van der Waals surface area contributed by atoms with Gasteiger partial charge in [-0.1, -0.05) is 40.0 Å². The average molecular weight is 481 g/mol. The maximum Gasteiger partial charge on any atom is 0.244 e. The van der Waals surface area contributed by atoms with Crippen molar-refractivity contribution in [3.8, 4) is 0 Å². The molecule has 34 heavy (non-hydrogen) atoms. The minimum Gasteiger partial charge on any atom is -0.380 e. The van der Waals surface area contributed by atoms with Crippen molar-refractivity contribution in [2.24, 2.45) is 0 Å². The number of hydrogen-bond donors (Lipinski definition) is 3. The van der Waals surface area contributed by atoms with Crippen molar-refractivity contribution < 1.29 is 24.1 Å². The van der Waals surface area contributed by atoms with Crippen molar-refractivity contribution in [2.75, 3.05) is 37.9 Å². The highest BCUT2D eigenvalue weighted by atomic mass is 16.7. The van der Waals surface area contributed by atoms with Gasteiger partial charge >= 0.3 is 0 Å². The van der Waals surface area contributed by atoms with Gasteiger partial charge in [-0.2, -0.15) is 4.98 Å². The molecule has 1 saturated heterocycles. The number of nitrogens with zero attached hydrogens (tertiary/aromatic N) is 4. The lowest BCUT2D eigenvalue weighted by Gasteiger charge is -2.39. The highest BCUT2D eigenvalue weighted by Gasteiger charge is 2.67. The second-order valence-electron chi connectivity index (χ2n) is 8.92. The van der Waals surface area contributed by atoms with Crippen LogP contribution in [-0.2, 0) is 24.7 Å². The molecule has 1 fully saturated rings. The van der Waals surface area contributed by atoms with E-state index >= 15 is 0 Å². The van der Waals surface area contributed by atoms with E-state index < -0.39 is 23.6 Å². The van der Waals surface area contributed by atoms with Gasteiger partial charge in [0.1, 0.15) is 17.9 Å². The van der Waals surface area contributed by atoms with Gasteiger partial charge in [0, 0.05) is 19.8 Å². The largest absolute Gasteiger partial charge is 0.380 e. The Hall–Kier alpha value is -2.05. The molecule has 11 nitrogen and oxygen atoms in total. The summed E-state index contributed by atoms with van der Waals surface area (Å²) in [6.07, 6.45) is 5.86. The molecular weight excluding hydrogens is 440 g/mol. The van der Waals surface area contributed by atoms with Crippen LogP contribution in [0.4, 0.5) is 11.8 Å². The first kappa shape index (κ1) is 26.6. The predicted octanol–water partition coefficient (Wildman–Crippen LogP) is 2.41. The molecule has 3 heterocycles. The number of nitrogen functional groups attached to an aromatic ring is 2. The van der Waals surface area contributed by atoms with E-state index in [9.17, 15) is 5.11 Å². The number of rotatable bonds is 14. The van der Waals surface area contributed by atoms with E-state index in [2.05, 4.69) is 35.8 Å². The van der Waals surface area contributed by atoms with Gasteiger partial charge in [-0.05, 0) is 26.2 Å². The maximum atomic E-state index is 12.2. The fourth-order valence-corrected chi connectivity index (χ4v) is 4.21. The van der Waals surface area contributed by atoms with Gasteiger partial charge in [0.2, 0.25) is 11.7 Å². The first-order chi connectivity index (χ1) is 16.3. The molecule has 1 aliphatic rings. The molecule has 0 aromatic carbocycles. The molecule has 192 valence electrons. The smallest absolute Gasteiger partial charge is 0.244 e. The van der Waals surface area contributed by atoms with E-state index in [0.717, 1.165) is 38.5 Å². The molecule has 0 unspecified atom stereocenters. The standard InChI is InChI=1S/C23H40N6O5/c1-5-8-11-31-15-16-18(32-12-9-6-2)22(4,33-13-10-7-3)23(30,34-16)17-14-26-20-19(24)27-21(25)28-29(17)20/h14,16,18,30H,5-13,15H2,1-4H3,(H4,24,25,27,28)/t16-,18-,22-,23+/m1/s1. The zero-order chi connectivity index (χ0) is 24.8. The molecule has 5 N–H and O–H groups in total. The van der Waals surface area contributed by atoms with Crippen molar-refractivity contribution in [3.63, 3.8) is 0 Å². The van der Waals surface area contributed by atoms with E-state index in [1.54, 1.807) is 6.92 Å². The average Bonchev–Trinajstić information content (AvgIpc) is 3.31. The van der Waals surface area contributed by atoms with Crippen LogP contribution in [0.15, 0.2) is 6.20 Å². The molecule has 0 saturated carbocycles. The van der Waals surface area contributed by atoms with Gasteiger partial charge in [-0.3, -0.25) is 0 Å². The molecule has 3 rings (SSSR count). The monoisotopic (exact) mass is 480 g/mol. The number of ether oxygens (including phenoxy) is 4. The molecule has 0 aliphatic carbocycles. The van der Waals surface area contributed by atoms with E-state index in [1.165, 1.54) is 10.7 Å². The van der Waals surface area contributed by atoms with Crippen LogP contribution in [0, 0.1) is 0 Å². The summed E-state index contributed by atoms with van der Waals surface area (Å²) in [6.45, 7) is 9.86. The van der Waals surface area contributed by atoms with Crippen LogP contribution in [0.25, 0.3) is 5.65 Å². The highest BCUT2D eigenvalue weighted by molar-refractivity contribution is 5.61. The first-order valence-corrected chi connectivity index (χ1v) is 12.3. The van der Waals surface area contributed by atoms with Gasteiger partial charge in [-0.15, -0.1) is 5.10 Å². The summed E-state index contributed by atoms with van der Waals surface area (Å²) in [5.41, 5.74) is 11.1. The maximum absolute atomic E-state index is 12.2. The van der Waals surface area contributed by atoms with Gasteiger partial charge in [-0.25, -0.2) is 9.50 Å². The Labute approximate surface area is 201 Å². The summed E-state index contributed by atoms with van der Waals surface area (Å²) in [5, 5.41) is 16.4. The zero-order valence-electron chi connectivity index (χ0n) is 20.8. The Bertz CT molecular complexity index is 927. The second-order valence-corrected chi connectivity index (χ2v) is 8.92. The lowest BCUT2D eigenvalue weighted by atomic mass is 9.87. The number of imidazole rings is 1. The van der Waals surface area contributed by atoms with Crippen LogP contribution in [0.2, 0.25) is 0 Å². The third-order valence-electron chi connectivity index (χ3n) is 6.25. The summed E-state index contributed by atoms with van der Waals surface area (Å²) < 4.78 is 26.3. The van der Waals surface area contributed by atoms with Crippen LogP contribution in [-0.4, -0.2) is 68.9 Å². The van der Waals surface area contributed by atoms with E-state index in [0.29, 0.717) is 19.8 Å². The normalized spacial score (nSPS) is 27.1. The summed E-state index contributed by atoms with van der Waals surface area (Å²) >= 11 is 0. The zero-order valence-corrected chi connectivity index (χ0v) is 20.8. The van der Waals surface area contributed by atoms with Crippen molar-refractivity contribution >= 4 is 17.4 Å². The van der Waals surface area contributed by atoms with Gasteiger partial charge < -0.3 is 35.5 Å². The van der Waals surface area contributed by atoms with Crippen molar-refractivity contribution in [1.82, 2.24) is 19.6 Å². The number of aliphatic hydroxyl groups is 1. The fourth-order valence-electron chi connectivity index (χ4n) is 4.21. The fraction of sp³-hybridized carbons (Fsp3) is 0.783. The number of fused-ring (bicyclic) bond motifs is 1. The SMILES string of the molecule is CCCCOC[C@H]1O[C@@](O)(c2cnc3c(N)nc(N)nn23)[C@](C)(OCCCC)[C@@H]1OCCCC. The number of nitrogens with two attached hydrogens (primary N) is 2. The summed E-state index contributed by atoms with van der Waals surface area (Å²) in [6, 6.07) is 0. The van der Waals surface area contributed by atoms with Crippen molar-refractivity contribution in [2.45, 2.75) is 89.8 Å². The number of aromatic nitrogens is 4. The summed E-state index contributed by atoms with van der Waals surface area (Å²) in [5.74, 6) is -1.90. The minimum atomic E-state index is -1.96. The van der Waals surface area contributed by atoms with E-state index in [-0.39, 0.29) is 29.7 Å². The number of hydrogen-bond acceptors (Lipinski definition) is 10. The van der Waals surface area contributed by atoms with Crippen LogP contribution < -0.4 is 11.5 Å². The minimum absolute atomic E-state index is 0.0466. The third-order valence-corrected chi connectivity index (χ3v) is 6.25. The van der Waals surface area contributed by atoms with Gasteiger partial charge in [0.15, 0.2) is 17.1 Å². The Morgan fingerprint density at radius 1 is 1.09 bits per heavy atom. The topological polar surface area (TPSA) is 152 Å². The van der Waals surface area contributed by atoms with Crippen molar-refractivity contribution in [3.05, 3.63) is 11.9 Å². The van der Waals surface area contributed by atoms with Crippen LogP contribution in [0.5, 0.6) is 0 Å². The van der Waals surface area contributed by atoms with Crippen LogP contribution in [0.3, 0.4) is 0 Å². The van der Waals surface area contributed by atoms with E-state index in [1.807, 2.05) is 0 Å². The highest BCUT2D eigenvalue weighted by Crippen LogP contribution is 2.49. The van der Waals surface area contributed by atoms with Gasteiger partial charge in [0.05, 0.1) is 12.8 Å². The second kappa shape index (κ2) is 11.6. The van der Waals surface area contributed by atoms with Crippen LogP contribution >= 0.6 is 0 Å². The van der Waals surface area contributed by atoms with Crippen molar-refractivity contribution in [1.29, 1.82) is 0 Å². The molecule has 0 radical (unpaired) electrons. The molecule has 0 amide bonds. The Balaban J connectivity index is 2.04. The number of anilines is 2. The molecule has 2 aromatic rings. The Kier molecular flexibility index (Phi) is 9.05. The number of unbranched alkanes of at least 4 members (excludes halogenated alkanes) is 3. The summed E-state index contributed by atoms with van der Waals surface area (Å²) in [4.78, 5) is 8.27. The Morgan fingerprint density at radius 2 is 1.76 bits per heavy atom. The first-order valence-electron chi connectivity index (χ1n) is 12.3. The molecule has 1 aliphatic heterocycles. The summed E-state index contributed by atoms with van der Waals surface area (Å²) in [7, 11) is 0.